The molecule has 0 aliphatic carbocycles. The maximum Gasteiger partial charge on any atom is 0.586 e. The van der Waals surface area contributed by atoms with Crippen LogP contribution in [-0.2, 0) is 4.79 Å². The van der Waals surface area contributed by atoms with E-state index in [4.69, 9.17) is 5.11 Å². The van der Waals surface area contributed by atoms with Gasteiger partial charge < -0.3 is 25.2 Å². The van der Waals surface area contributed by atoms with E-state index >= 15 is 0 Å². The van der Waals surface area contributed by atoms with E-state index < -0.39 is 24.3 Å². The second-order valence-corrected chi connectivity index (χ2v) is 4.23. The van der Waals surface area contributed by atoms with Crippen LogP contribution >= 0.6 is 0 Å². The average molecular weight is 302 g/mol. The Morgan fingerprint density at radius 2 is 2.00 bits per heavy atom. The summed E-state index contributed by atoms with van der Waals surface area (Å²) < 4.78 is 34.1. The summed E-state index contributed by atoms with van der Waals surface area (Å²) >= 11 is 0. The highest BCUT2D eigenvalue weighted by molar-refractivity contribution is 5.92. The second-order valence-electron chi connectivity index (χ2n) is 4.23. The van der Waals surface area contributed by atoms with Gasteiger partial charge in [-0.1, -0.05) is 6.92 Å². The number of rotatable bonds is 4. The molecule has 2 rings (SSSR count). The monoisotopic (exact) mass is 302 g/mol. The number of benzene rings is 1. The van der Waals surface area contributed by atoms with Gasteiger partial charge in [-0.05, 0) is 18.6 Å². The molecule has 1 aromatic rings. The zero-order valence-electron chi connectivity index (χ0n) is 10.9. The molecule has 21 heavy (non-hydrogen) atoms. The lowest BCUT2D eigenvalue weighted by Crippen LogP contribution is -2.42. The van der Waals surface area contributed by atoms with Gasteiger partial charge in [0.05, 0.1) is 0 Å². The van der Waals surface area contributed by atoms with Gasteiger partial charge in [0.25, 0.3) is 0 Å². The molecule has 1 aliphatic rings. The van der Waals surface area contributed by atoms with Crippen LogP contribution in [-0.4, -0.2) is 29.4 Å². The maximum absolute atomic E-state index is 12.8. The largest absolute Gasteiger partial charge is 0.586 e. The first kappa shape index (κ1) is 14.8. The first-order valence-electron chi connectivity index (χ1n) is 6.01. The molecule has 0 aromatic heterocycles. The minimum atomic E-state index is -3.74. The predicted molar refractivity (Wildman–Crippen MR) is 66.5 cm³/mol. The highest BCUT2D eigenvalue weighted by atomic mass is 19.3. The van der Waals surface area contributed by atoms with Crippen molar-refractivity contribution < 1.29 is 33.0 Å². The number of aliphatic carboxylic acids is 1. The van der Waals surface area contributed by atoms with Crippen LogP contribution in [0.5, 0.6) is 11.5 Å². The van der Waals surface area contributed by atoms with Crippen LogP contribution in [0.3, 0.4) is 0 Å². The molecule has 3 N–H and O–H groups in total. The summed E-state index contributed by atoms with van der Waals surface area (Å²) in [6.07, 6.45) is -3.53. The fourth-order valence-electron chi connectivity index (χ4n) is 1.69. The molecule has 1 atom stereocenters. The number of carboxylic acid groups (broad SMARTS) is 1. The fourth-order valence-corrected chi connectivity index (χ4v) is 1.69. The quantitative estimate of drug-likeness (QED) is 0.790. The van der Waals surface area contributed by atoms with Crippen LogP contribution in [0.1, 0.15) is 13.3 Å². The van der Waals surface area contributed by atoms with Crippen molar-refractivity contribution in [3.8, 4) is 11.5 Å². The molecule has 2 amide bonds. The SMILES string of the molecule is CC[C@@H](NC(=O)Nc1ccc2c(c1)OC(F)(F)O2)C(=O)O. The Morgan fingerprint density at radius 1 is 1.33 bits per heavy atom. The van der Waals surface area contributed by atoms with E-state index in [1.165, 1.54) is 12.1 Å². The normalized spacial score (nSPS) is 16.1. The van der Waals surface area contributed by atoms with Gasteiger partial charge in [0.2, 0.25) is 0 Å². The molecule has 0 radical (unpaired) electrons. The van der Waals surface area contributed by atoms with Crippen molar-refractivity contribution in [1.29, 1.82) is 0 Å². The van der Waals surface area contributed by atoms with Crippen molar-refractivity contribution in [1.82, 2.24) is 5.32 Å². The molecular formula is C12H12F2N2O5. The van der Waals surface area contributed by atoms with Gasteiger partial charge in [0.1, 0.15) is 6.04 Å². The number of nitrogens with one attached hydrogen (secondary N) is 2. The van der Waals surface area contributed by atoms with Crippen molar-refractivity contribution in [3.63, 3.8) is 0 Å². The van der Waals surface area contributed by atoms with Gasteiger partial charge in [-0.15, -0.1) is 8.78 Å². The first-order valence-corrected chi connectivity index (χ1v) is 6.01. The number of hydrogen-bond acceptors (Lipinski definition) is 4. The summed E-state index contributed by atoms with van der Waals surface area (Å²) in [5.41, 5.74) is 0.160. The number of ether oxygens (including phenoxy) is 2. The van der Waals surface area contributed by atoms with Gasteiger partial charge in [-0.25, -0.2) is 9.59 Å². The molecular weight excluding hydrogens is 290 g/mol. The van der Waals surface area contributed by atoms with Crippen LogP contribution in [0.15, 0.2) is 18.2 Å². The summed E-state index contributed by atoms with van der Waals surface area (Å²) in [4.78, 5) is 22.4. The van der Waals surface area contributed by atoms with Gasteiger partial charge in [0.15, 0.2) is 11.5 Å². The standard InChI is InChI=1S/C12H12F2N2O5/c1-2-7(10(17)18)16-11(19)15-6-3-4-8-9(5-6)21-12(13,14)20-8/h3-5,7H,2H2,1H3,(H,17,18)(H2,15,16,19)/t7-/m1/s1. The Bertz CT molecular complexity index is 579. The molecule has 114 valence electrons. The molecule has 1 heterocycles. The Balaban J connectivity index is 2.02. The molecule has 0 spiro atoms. The number of alkyl halides is 2. The highest BCUT2D eigenvalue weighted by Crippen LogP contribution is 2.42. The Kier molecular flexibility index (Phi) is 3.83. The van der Waals surface area contributed by atoms with E-state index in [1.54, 1.807) is 6.92 Å². The Labute approximate surface area is 117 Å². The molecule has 1 aromatic carbocycles. The highest BCUT2D eigenvalue weighted by Gasteiger charge is 2.43. The predicted octanol–water partition coefficient (Wildman–Crippen LogP) is 1.99. The molecule has 7 nitrogen and oxygen atoms in total. The van der Waals surface area contributed by atoms with E-state index in [9.17, 15) is 18.4 Å². The molecule has 0 unspecified atom stereocenters. The Hall–Kier alpha value is -2.58. The van der Waals surface area contributed by atoms with E-state index in [1.807, 2.05) is 0 Å². The maximum atomic E-state index is 12.8. The van der Waals surface area contributed by atoms with E-state index in [-0.39, 0.29) is 23.6 Å². The average Bonchev–Trinajstić information content (AvgIpc) is 2.68. The summed E-state index contributed by atoms with van der Waals surface area (Å²) in [6.45, 7) is 1.60. The van der Waals surface area contributed by atoms with Crippen molar-refractivity contribution in [3.05, 3.63) is 18.2 Å². The zero-order valence-corrected chi connectivity index (χ0v) is 10.9. The summed E-state index contributed by atoms with van der Waals surface area (Å²) in [7, 11) is 0. The van der Waals surface area contributed by atoms with Gasteiger partial charge in [-0.3, -0.25) is 0 Å². The van der Waals surface area contributed by atoms with Crippen LogP contribution in [0, 0.1) is 0 Å². The Morgan fingerprint density at radius 3 is 2.62 bits per heavy atom. The third-order valence-corrected chi connectivity index (χ3v) is 2.67. The minimum absolute atomic E-state index is 0.150. The van der Waals surface area contributed by atoms with Crippen molar-refractivity contribution >= 4 is 17.7 Å². The number of amides is 2. The molecule has 9 heteroatoms. The van der Waals surface area contributed by atoms with E-state index in [0.29, 0.717) is 0 Å². The number of carboxylic acids is 1. The van der Waals surface area contributed by atoms with Crippen molar-refractivity contribution in [2.45, 2.75) is 25.7 Å². The summed E-state index contributed by atoms with van der Waals surface area (Å²) in [6, 6.07) is 1.88. The number of hydrogen-bond donors (Lipinski definition) is 3. The van der Waals surface area contributed by atoms with E-state index in [0.717, 1.165) is 6.07 Å². The van der Waals surface area contributed by atoms with E-state index in [2.05, 4.69) is 20.1 Å². The molecule has 0 saturated carbocycles. The lowest BCUT2D eigenvalue weighted by molar-refractivity contribution is -0.286. The van der Waals surface area contributed by atoms with Crippen LogP contribution in [0.4, 0.5) is 19.3 Å². The first-order chi connectivity index (χ1) is 9.80. The topological polar surface area (TPSA) is 96.9 Å². The fraction of sp³-hybridized carbons (Fsp3) is 0.333. The molecule has 0 bridgehead atoms. The number of halogens is 2. The van der Waals surface area contributed by atoms with Crippen molar-refractivity contribution in [2.75, 3.05) is 5.32 Å². The summed E-state index contributed by atoms with van der Waals surface area (Å²) in [5.74, 6) is -1.54. The number of fused-ring (bicyclic) bond motifs is 1. The molecule has 1 aliphatic heterocycles. The number of carbonyl (C=O) groups is 2. The lowest BCUT2D eigenvalue weighted by Gasteiger charge is -2.13. The second kappa shape index (κ2) is 5.43. The lowest BCUT2D eigenvalue weighted by atomic mass is 10.2. The number of anilines is 1. The van der Waals surface area contributed by atoms with Crippen LogP contribution in [0.25, 0.3) is 0 Å². The summed E-state index contributed by atoms with van der Waals surface area (Å²) in [5, 5.41) is 13.4. The molecule has 0 saturated heterocycles. The molecule has 0 fully saturated rings. The smallest absolute Gasteiger partial charge is 0.480 e. The van der Waals surface area contributed by atoms with Crippen molar-refractivity contribution in [2.24, 2.45) is 0 Å². The number of urea groups is 1. The van der Waals surface area contributed by atoms with Crippen LogP contribution in [0.2, 0.25) is 0 Å². The zero-order chi connectivity index (χ0) is 15.6. The van der Waals surface area contributed by atoms with Crippen LogP contribution < -0.4 is 20.1 Å². The van der Waals surface area contributed by atoms with Gasteiger partial charge in [-0.2, -0.15) is 0 Å². The number of carbonyl (C=O) groups excluding carboxylic acids is 1. The minimum Gasteiger partial charge on any atom is -0.480 e. The van der Waals surface area contributed by atoms with Gasteiger partial charge in [0, 0.05) is 11.8 Å². The van der Waals surface area contributed by atoms with Gasteiger partial charge >= 0.3 is 18.3 Å². The third-order valence-electron chi connectivity index (χ3n) is 2.67. The third kappa shape index (κ3) is 3.50.